The van der Waals surface area contributed by atoms with Crippen molar-refractivity contribution >= 4 is 15.9 Å². The normalized spacial score (nSPS) is 12.7. The van der Waals surface area contributed by atoms with E-state index in [0.29, 0.717) is 0 Å². The third-order valence-corrected chi connectivity index (χ3v) is 4.59. The highest BCUT2D eigenvalue weighted by Crippen LogP contribution is 2.31. The Labute approximate surface area is 133 Å². The van der Waals surface area contributed by atoms with Gasteiger partial charge in [0.1, 0.15) is 17.3 Å². The van der Waals surface area contributed by atoms with Gasteiger partial charge in [0, 0.05) is 16.1 Å². The largest absolute Gasteiger partial charge is 0.466 e. The summed E-state index contributed by atoms with van der Waals surface area (Å²) in [5, 5.41) is 3.51. The second-order valence-electron chi connectivity index (χ2n) is 5.30. The first-order valence-electron chi connectivity index (χ1n) is 7.17. The first-order chi connectivity index (χ1) is 9.93. The summed E-state index contributed by atoms with van der Waals surface area (Å²) in [4.78, 5) is 0. The third kappa shape index (κ3) is 3.55. The molecule has 0 saturated carbocycles. The lowest BCUT2D eigenvalue weighted by Gasteiger charge is -2.19. The molecule has 1 unspecified atom stereocenters. The predicted molar refractivity (Wildman–Crippen MR) is 87.1 cm³/mol. The maximum atomic E-state index is 13.2. The summed E-state index contributed by atoms with van der Waals surface area (Å²) in [6.07, 6.45) is 0.787. The van der Waals surface area contributed by atoms with Crippen molar-refractivity contribution in [1.82, 2.24) is 5.32 Å². The van der Waals surface area contributed by atoms with Crippen molar-refractivity contribution in [3.63, 3.8) is 0 Å². The van der Waals surface area contributed by atoms with Crippen LogP contribution in [0.3, 0.4) is 0 Å². The highest BCUT2D eigenvalue weighted by Gasteiger charge is 2.21. The fraction of sp³-hybridized carbons (Fsp3) is 0.412. The third-order valence-electron chi connectivity index (χ3n) is 3.86. The summed E-state index contributed by atoms with van der Waals surface area (Å²) in [7, 11) is 0. The Morgan fingerprint density at radius 1 is 1.24 bits per heavy atom. The number of aryl methyl sites for hydroxylation is 2. The lowest BCUT2D eigenvalue weighted by molar-refractivity contribution is 0.484. The number of hydrogen-bond donors (Lipinski definition) is 1. The number of benzene rings is 1. The topological polar surface area (TPSA) is 25.2 Å². The second-order valence-corrected chi connectivity index (χ2v) is 6.16. The summed E-state index contributed by atoms with van der Waals surface area (Å²) in [5.74, 6) is 1.69. The minimum atomic E-state index is -0.225. The molecule has 0 aliphatic carbocycles. The summed E-state index contributed by atoms with van der Waals surface area (Å²) in [6, 6.07) is 5.01. The van der Waals surface area contributed by atoms with E-state index in [0.717, 1.165) is 34.5 Å². The van der Waals surface area contributed by atoms with Crippen molar-refractivity contribution in [3.8, 4) is 0 Å². The maximum absolute atomic E-state index is 13.2. The summed E-state index contributed by atoms with van der Waals surface area (Å²) in [6.45, 7) is 9.03. The summed E-state index contributed by atoms with van der Waals surface area (Å²) < 4.78 is 19.8. The first-order valence-corrected chi connectivity index (χ1v) is 7.97. The van der Waals surface area contributed by atoms with Crippen molar-refractivity contribution in [2.24, 2.45) is 0 Å². The molecule has 0 bridgehead atoms. The van der Waals surface area contributed by atoms with Crippen LogP contribution in [0.5, 0.6) is 0 Å². The molecular formula is C17H21BrFNO. The van der Waals surface area contributed by atoms with Crippen molar-refractivity contribution in [1.29, 1.82) is 0 Å². The molecule has 0 spiro atoms. The van der Waals surface area contributed by atoms with Crippen molar-refractivity contribution in [2.45, 2.75) is 40.2 Å². The van der Waals surface area contributed by atoms with E-state index in [1.165, 1.54) is 23.3 Å². The zero-order valence-electron chi connectivity index (χ0n) is 12.9. The van der Waals surface area contributed by atoms with Crippen molar-refractivity contribution in [2.75, 3.05) is 6.54 Å². The van der Waals surface area contributed by atoms with Crippen LogP contribution in [0.2, 0.25) is 0 Å². The average Bonchev–Trinajstić information content (AvgIpc) is 2.66. The number of rotatable bonds is 5. The second kappa shape index (κ2) is 6.75. The fourth-order valence-electron chi connectivity index (χ4n) is 2.75. The fourth-order valence-corrected chi connectivity index (χ4v) is 3.26. The van der Waals surface area contributed by atoms with Crippen LogP contribution in [-0.4, -0.2) is 6.54 Å². The van der Waals surface area contributed by atoms with Gasteiger partial charge in [-0.05, 0) is 57.0 Å². The van der Waals surface area contributed by atoms with Gasteiger partial charge in [-0.25, -0.2) is 4.39 Å². The molecule has 0 amide bonds. The zero-order valence-corrected chi connectivity index (χ0v) is 14.5. The monoisotopic (exact) mass is 353 g/mol. The standard InChI is InChI=1S/C17H21BrFNO/c1-5-20-16(17-10(2)11(3)21-12(17)4)8-13-6-7-14(19)9-15(13)18/h6-7,9,16,20H,5,8H2,1-4H3. The quantitative estimate of drug-likeness (QED) is 0.817. The molecule has 0 radical (unpaired) electrons. The Morgan fingerprint density at radius 3 is 2.48 bits per heavy atom. The van der Waals surface area contributed by atoms with Gasteiger partial charge in [-0.2, -0.15) is 0 Å². The molecule has 2 rings (SSSR count). The molecule has 4 heteroatoms. The van der Waals surface area contributed by atoms with E-state index in [1.807, 2.05) is 19.9 Å². The highest BCUT2D eigenvalue weighted by atomic mass is 79.9. The Bertz CT molecular complexity index is 636. The van der Waals surface area contributed by atoms with Crippen LogP contribution in [0, 0.1) is 26.6 Å². The molecule has 1 aromatic heterocycles. The molecule has 1 heterocycles. The molecular weight excluding hydrogens is 333 g/mol. The van der Waals surface area contributed by atoms with Crippen LogP contribution in [0.1, 0.15) is 41.2 Å². The van der Waals surface area contributed by atoms with Crippen LogP contribution in [0.25, 0.3) is 0 Å². The van der Waals surface area contributed by atoms with E-state index < -0.39 is 0 Å². The zero-order chi connectivity index (χ0) is 15.6. The Kier molecular flexibility index (Phi) is 5.22. The summed E-state index contributed by atoms with van der Waals surface area (Å²) in [5.41, 5.74) is 3.49. The van der Waals surface area contributed by atoms with Gasteiger partial charge in [0.25, 0.3) is 0 Å². The number of nitrogens with one attached hydrogen (secondary N) is 1. The van der Waals surface area contributed by atoms with Gasteiger partial charge < -0.3 is 9.73 Å². The van der Waals surface area contributed by atoms with Gasteiger partial charge in [-0.3, -0.25) is 0 Å². The van der Waals surface area contributed by atoms with Crippen LogP contribution in [0.15, 0.2) is 27.1 Å². The Morgan fingerprint density at radius 2 is 1.95 bits per heavy atom. The molecule has 2 aromatic rings. The van der Waals surface area contributed by atoms with E-state index in [9.17, 15) is 4.39 Å². The van der Waals surface area contributed by atoms with E-state index in [-0.39, 0.29) is 11.9 Å². The van der Waals surface area contributed by atoms with Crippen molar-refractivity contribution in [3.05, 3.63) is 56.7 Å². The lowest BCUT2D eigenvalue weighted by Crippen LogP contribution is -2.24. The van der Waals surface area contributed by atoms with Gasteiger partial charge >= 0.3 is 0 Å². The minimum absolute atomic E-state index is 0.161. The first kappa shape index (κ1) is 16.2. The summed E-state index contributed by atoms with van der Waals surface area (Å²) >= 11 is 3.45. The number of halogens is 2. The Balaban J connectivity index is 2.35. The highest BCUT2D eigenvalue weighted by molar-refractivity contribution is 9.10. The van der Waals surface area contributed by atoms with E-state index in [4.69, 9.17) is 4.42 Å². The molecule has 0 fully saturated rings. The van der Waals surface area contributed by atoms with Gasteiger partial charge in [-0.1, -0.05) is 28.9 Å². The number of furan rings is 1. The molecule has 1 N–H and O–H groups in total. The predicted octanol–water partition coefficient (Wildman–Crippen LogP) is 5.00. The lowest BCUT2D eigenvalue weighted by atomic mass is 9.95. The van der Waals surface area contributed by atoms with E-state index >= 15 is 0 Å². The van der Waals surface area contributed by atoms with Crippen LogP contribution < -0.4 is 5.32 Å². The molecule has 1 atom stereocenters. The molecule has 0 aliphatic rings. The maximum Gasteiger partial charge on any atom is 0.124 e. The van der Waals surface area contributed by atoms with E-state index in [2.05, 4.69) is 35.1 Å². The van der Waals surface area contributed by atoms with Crippen molar-refractivity contribution < 1.29 is 8.81 Å². The van der Waals surface area contributed by atoms with E-state index in [1.54, 1.807) is 0 Å². The van der Waals surface area contributed by atoms with Crippen LogP contribution >= 0.6 is 15.9 Å². The van der Waals surface area contributed by atoms with Crippen LogP contribution in [0.4, 0.5) is 4.39 Å². The smallest absolute Gasteiger partial charge is 0.124 e. The number of hydrogen-bond acceptors (Lipinski definition) is 2. The van der Waals surface area contributed by atoms with Gasteiger partial charge in [0.05, 0.1) is 0 Å². The molecule has 0 aliphatic heterocycles. The van der Waals surface area contributed by atoms with Gasteiger partial charge in [-0.15, -0.1) is 0 Å². The molecule has 1 aromatic carbocycles. The van der Waals surface area contributed by atoms with Crippen LogP contribution in [-0.2, 0) is 6.42 Å². The molecule has 114 valence electrons. The Hall–Kier alpha value is -1.13. The molecule has 2 nitrogen and oxygen atoms in total. The average molecular weight is 354 g/mol. The number of likely N-dealkylation sites (N-methyl/N-ethyl adjacent to an activating group) is 1. The molecule has 0 saturated heterocycles. The SMILES string of the molecule is CCNC(Cc1ccc(F)cc1Br)c1c(C)oc(C)c1C. The minimum Gasteiger partial charge on any atom is -0.466 e. The van der Waals surface area contributed by atoms with Gasteiger partial charge in [0.15, 0.2) is 0 Å². The van der Waals surface area contributed by atoms with Gasteiger partial charge in [0.2, 0.25) is 0 Å². The molecule has 21 heavy (non-hydrogen) atoms.